The molecule has 0 aliphatic heterocycles. The molecule has 0 aromatic heterocycles. The molecule has 0 rings (SSSR count). The molecule has 0 aromatic carbocycles. The summed E-state index contributed by atoms with van der Waals surface area (Å²) in [7, 11) is -2.12. The Hall–Kier alpha value is -0.110. The second-order valence-electron chi connectivity index (χ2n) is 8.64. The van der Waals surface area contributed by atoms with Crippen LogP contribution >= 0.6 is 27.4 Å². The van der Waals surface area contributed by atoms with Crippen molar-refractivity contribution in [2.45, 2.75) is 119 Å². The molecule has 2 unspecified atom stereocenters. The number of hydrogen-bond acceptors (Lipinski definition) is 8. The fourth-order valence-corrected chi connectivity index (χ4v) is 6.71. The maximum absolute atomic E-state index is 8.53. The molecule has 35 heavy (non-hydrogen) atoms. The summed E-state index contributed by atoms with van der Waals surface area (Å²) in [5.41, 5.74) is 0. The minimum absolute atomic E-state index is 0.319. The van der Waals surface area contributed by atoms with Gasteiger partial charge in [-0.15, -0.1) is 0 Å². The van der Waals surface area contributed by atoms with E-state index in [1.807, 2.05) is 13.0 Å². The highest BCUT2D eigenvalue weighted by Crippen LogP contribution is 2.49. The van der Waals surface area contributed by atoms with Crippen molar-refractivity contribution in [3.8, 4) is 12.1 Å². The number of hydrogen-bond donors (Lipinski definition) is 1. The standard InChI is InChI=1S/C12H25N2O2P.C9H18ClN2OP.C3H8O/c1-6-9-15-17(16-10-7-8-13)14(11(2)3)12(4)5;1-8(2)12(9(3)4)14(10)13-7-5-6-11;1-2-3-4/h11-12H,6-7,9-10H2,1-5H3;8-9H,5,7H2,1-4H3;4H,2-3H2,1H3. The van der Waals surface area contributed by atoms with Gasteiger partial charge in [-0.1, -0.05) is 13.8 Å². The first-order valence-electron chi connectivity index (χ1n) is 12.5. The van der Waals surface area contributed by atoms with Crippen LogP contribution < -0.4 is 0 Å². The molecule has 0 amide bonds. The molecule has 0 radical (unpaired) electrons. The van der Waals surface area contributed by atoms with Crippen LogP contribution in [0.2, 0.25) is 0 Å². The molecular weight excluding hydrogens is 506 g/mol. The molecule has 0 aliphatic carbocycles. The predicted molar refractivity (Wildman–Crippen MR) is 150 cm³/mol. The molecule has 8 nitrogen and oxygen atoms in total. The van der Waals surface area contributed by atoms with Crippen LogP contribution in [0.25, 0.3) is 0 Å². The second-order valence-corrected chi connectivity index (χ2v) is 12.1. The number of nitriles is 2. The first kappa shape index (κ1) is 39.4. The monoisotopic (exact) mass is 556 g/mol. The van der Waals surface area contributed by atoms with Crippen LogP contribution in [0, 0.1) is 22.7 Å². The summed E-state index contributed by atoms with van der Waals surface area (Å²) in [5.74, 6) is 0. The molecule has 0 saturated carbocycles. The lowest BCUT2D eigenvalue weighted by atomic mass is 10.3. The van der Waals surface area contributed by atoms with Crippen LogP contribution in [-0.4, -0.2) is 65.0 Å². The average molecular weight is 557 g/mol. The second kappa shape index (κ2) is 26.9. The lowest BCUT2D eigenvalue weighted by Crippen LogP contribution is -2.33. The Bertz CT molecular complexity index is 529. The Kier molecular flexibility index (Phi) is 30.3. The SMILES string of the molecule is CC(C)N(C(C)C)P(Cl)OCCC#N.CCCO.CCCOP(OCCC#N)N(C(C)C)C(C)C. The molecule has 0 bridgehead atoms. The zero-order valence-corrected chi connectivity index (χ0v) is 26.2. The Morgan fingerprint density at radius 3 is 1.40 bits per heavy atom. The molecule has 0 spiro atoms. The van der Waals surface area contributed by atoms with Gasteiger partial charge in [-0.2, -0.15) is 10.5 Å². The Balaban J connectivity index is -0.000000514. The van der Waals surface area contributed by atoms with Gasteiger partial charge < -0.3 is 18.7 Å². The third-order valence-corrected chi connectivity index (χ3v) is 8.55. The summed E-state index contributed by atoms with van der Waals surface area (Å²) in [6.45, 7) is 22.8. The Labute approximate surface area is 223 Å². The van der Waals surface area contributed by atoms with Crippen LogP contribution in [0.1, 0.15) is 94.9 Å². The maximum Gasteiger partial charge on any atom is 0.259 e. The highest BCUT2D eigenvalue weighted by Gasteiger charge is 2.26. The van der Waals surface area contributed by atoms with Crippen LogP contribution in [0.5, 0.6) is 0 Å². The third-order valence-electron chi connectivity index (χ3n) is 3.94. The van der Waals surface area contributed by atoms with Gasteiger partial charge in [0.15, 0.2) is 0 Å². The van der Waals surface area contributed by atoms with E-state index in [9.17, 15) is 0 Å². The van der Waals surface area contributed by atoms with E-state index in [1.165, 1.54) is 0 Å². The minimum atomic E-state index is -1.08. The number of rotatable bonds is 16. The summed E-state index contributed by atoms with van der Waals surface area (Å²) >= 11 is 6.13. The zero-order valence-electron chi connectivity index (χ0n) is 23.7. The lowest BCUT2D eigenvalue weighted by Gasteiger charge is -2.35. The highest BCUT2D eigenvalue weighted by molar-refractivity contribution is 7.78. The number of nitrogens with zero attached hydrogens (tertiary/aromatic N) is 4. The van der Waals surface area contributed by atoms with Crippen LogP contribution in [0.4, 0.5) is 0 Å². The minimum Gasteiger partial charge on any atom is -0.396 e. The molecule has 0 heterocycles. The van der Waals surface area contributed by atoms with Gasteiger partial charge in [-0.25, -0.2) is 9.34 Å². The average Bonchev–Trinajstić information content (AvgIpc) is 2.77. The fourth-order valence-electron chi connectivity index (χ4n) is 2.68. The van der Waals surface area contributed by atoms with E-state index in [2.05, 4.69) is 77.7 Å². The lowest BCUT2D eigenvalue weighted by molar-refractivity contribution is 0.176. The molecule has 11 heteroatoms. The van der Waals surface area contributed by atoms with Gasteiger partial charge in [0, 0.05) is 30.8 Å². The van der Waals surface area contributed by atoms with Gasteiger partial charge in [-0.05, 0) is 79.5 Å². The summed E-state index contributed by atoms with van der Waals surface area (Å²) in [5, 5.41) is 24.8. The van der Waals surface area contributed by atoms with E-state index in [0.717, 1.165) is 12.8 Å². The van der Waals surface area contributed by atoms with E-state index in [1.54, 1.807) is 0 Å². The first-order valence-corrected chi connectivity index (χ1v) is 15.8. The van der Waals surface area contributed by atoms with Gasteiger partial charge in [-0.3, -0.25) is 0 Å². The summed E-state index contributed by atoms with van der Waals surface area (Å²) in [6, 6.07) is 5.59. The highest BCUT2D eigenvalue weighted by atomic mass is 35.7. The quantitative estimate of drug-likeness (QED) is 0.153. The zero-order chi connectivity index (χ0) is 27.8. The van der Waals surface area contributed by atoms with Gasteiger partial charge in [0.1, 0.15) is 0 Å². The van der Waals surface area contributed by atoms with Gasteiger partial charge >= 0.3 is 0 Å². The normalized spacial score (nSPS) is 12.8. The van der Waals surface area contributed by atoms with Crippen LogP contribution in [-0.2, 0) is 13.6 Å². The van der Waals surface area contributed by atoms with Crippen molar-refractivity contribution < 1.29 is 18.7 Å². The largest absolute Gasteiger partial charge is 0.396 e. The van der Waals surface area contributed by atoms with Crippen LogP contribution in [0.3, 0.4) is 0 Å². The fraction of sp³-hybridized carbons (Fsp3) is 0.917. The number of halogens is 1. The molecule has 0 saturated heterocycles. The molecule has 208 valence electrons. The molecule has 1 N–H and O–H groups in total. The third kappa shape index (κ3) is 22.8. The van der Waals surface area contributed by atoms with Crippen molar-refractivity contribution in [1.29, 1.82) is 10.5 Å². The first-order chi connectivity index (χ1) is 16.5. The smallest absolute Gasteiger partial charge is 0.259 e. The summed E-state index contributed by atoms with van der Waals surface area (Å²) < 4.78 is 21.3. The van der Waals surface area contributed by atoms with Crippen LogP contribution in [0.15, 0.2) is 0 Å². The van der Waals surface area contributed by atoms with E-state index in [0.29, 0.717) is 63.4 Å². The van der Waals surface area contributed by atoms with Crippen molar-refractivity contribution in [2.75, 3.05) is 26.4 Å². The van der Waals surface area contributed by atoms with E-state index in [-0.39, 0.29) is 0 Å². The van der Waals surface area contributed by atoms with Crippen molar-refractivity contribution >= 4 is 27.4 Å². The topological polar surface area (TPSA) is 102 Å². The van der Waals surface area contributed by atoms with E-state index < -0.39 is 16.2 Å². The van der Waals surface area contributed by atoms with Gasteiger partial charge in [0.25, 0.3) is 8.53 Å². The summed E-state index contributed by atoms with van der Waals surface area (Å²) in [4.78, 5) is 0. The van der Waals surface area contributed by atoms with Crippen molar-refractivity contribution in [2.24, 2.45) is 0 Å². The molecule has 0 fully saturated rings. The molecular formula is C24H51ClN4O4P2. The number of aliphatic hydroxyl groups excluding tert-OH is 1. The maximum atomic E-state index is 8.53. The van der Waals surface area contributed by atoms with E-state index in [4.69, 9.17) is 40.4 Å². The molecule has 0 aliphatic rings. The van der Waals surface area contributed by atoms with Gasteiger partial charge in [0.2, 0.25) is 7.65 Å². The molecule has 2 atom stereocenters. The van der Waals surface area contributed by atoms with Crippen molar-refractivity contribution in [3.05, 3.63) is 0 Å². The van der Waals surface area contributed by atoms with Crippen molar-refractivity contribution in [3.63, 3.8) is 0 Å². The molecule has 0 aromatic rings. The predicted octanol–water partition coefficient (Wildman–Crippen LogP) is 7.58. The van der Waals surface area contributed by atoms with Crippen molar-refractivity contribution in [1.82, 2.24) is 9.34 Å². The van der Waals surface area contributed by atoms with Gasteiger partial charge in [0.05, 0.1) is 44.8 Å². The summed E-state index contributed by atoms with van der Waals surface area (Å²) in [6.07, 6.45) is 2.67. The Morgan fingerprint density at radius 1 is 0.714 bits per heavy atom. The van der Waals surface area contributed by atoms with E-state index >= 15 is 0 Å². The Morgan fingerprint density at radius 2 is 1.09 bits per heavy atom. The number of aliphatic hydroxyl groups is 1.